The molecule has 17 heavy (non-hydrogen) atoms. The highest BCUT2D eigenvalue weighted by Crippen LogP contribution is 2.22. The molecule has 1 aromatic carbocycles. The first-order valence-electron chi connectivity index (χ1n) is 6.15. The van der Waals surface area contributed by atoms with E-state index in [1.807, 2.05) is 37.5 Å². The molecule has 1 N–H and O–H groups in total. The van der Waals surface area contributed by atoms with E-state index in [-0.39, 0.29) is 0 Å². The Bertz CT molecular complexity index is 496. The highest BCUT2D eigenvalue weighted by molar-refractivity contribution is 5.73. The lowest BCUT2D eigenvalue weighted by molar-refractivity contribution is 0.474. The number of hydrogen-bond acceptors (Lipinski definition) is 3. The summed E-state index contributed by atoms with van der Waals surface area (Å²) in [5, 5.41) is 3.29. The highest BCUT2D eigenvalue weighted by atomic mass is 14.9. The van der Waals surface area contributed by atoms with Gasteiger partial charge in [0.25, 0.3) is 0 Å². The van der Waals surface area contributed by atoms with Crippen LogP contribution in [0.5, 0.6) is 0 Å². The van der Waals surface area contributed by atoms with Crippen molar-refractivity contribution in [3.05, 3.63) is 36.2 Å². The molecule has 90 valence electrons. The first-order valence-corrected chi connectivity index (χ1v) is 6.15. The molecular formula is C14H19N3. The summed E-state index contributed by atoms with van der Waals surface area (Å²) in [4.78, 5) is 9.19. The lowest BCUT2D eigenvalue weighted by Crippen LogP contribution is -2.29. The molecule has 0 saturated heterocycles. The van der Waals surface area contributed by atoms with Gasteiger partial charge in [0.2, 0.25) is 0 Å². The molecule has 2 aromatic rings. The number of nitrogens with zero attached hydrogens (tertiary/aromatic N) is 2. The predicted molar refractivity (Wildman–Crippen MR) is 71.1 cm³/mol. The Morgan fingerprint density at radius 1 is 1.24 bits per heavy atom. The zero-order chi connectivity index (χ0) is 12.3. The fourth-order valence-corrected chi connectivity index (χ4v) is 2.17. The summed E-state index contributed by atoms with van der Waals surface area (Å²) >= 11 is 0. The average molecular weight is 229 g/mol. The van der Waals surface area contributed by atoms with Gasteiger partial charge in [0.05, 0.1) is 16.7 Å². The molecule has 0 spiro atoms. The Labute approximate surface area is 102 Å². The third kappa shape index (κ3) is 2.44. The van der Waals surface area contributed by atoms with Crippen LogP contribution in [0.15, 0.2) is 30.5 Å². The molecule has 0 saturated carbocycles. The van der Waals surface area contributed by atoms with Crippen molar-refractivity contribution in [1.29, 1.82) is 0 Å². The Kier molecular flexibility index (Phi) is 3.69. The monoisotopic (exact) mass is 229 g/mol. The zero-order valence-corrected chi connectivity index (χ0v) is 10.6. The highest BCUT2D eigenvalue weighted by Gasteiger charge is 2.17. The number of fused-ring (bicyclic) bond motifs is 1. The van der Waals surface area contributed by atoms with Crippen molar-refractivity contribution >= 4 is 11.0 Å². The first kappa shape index (κ1) is 12.0. The molecule has 0 amide bonds. The maximum atomic E-state index is 4.71. The van der Waals surface area contributed by atoms with Gasteiger partial charge in [-0.1, -0.05) is 19.1 Å². The van der Waals surface area contributed by atoms with Crippen LogP contribution in [0.3, 0.4) is 0 Å². The van der Waals surface area contributed by atoms with Gasteiger partial charge in [-0.25, -0.2) is 4.98 Å². The van der Waals surface area contributed by atoms with Crippen molar-refractivity contribution in [3.63, 3.8) is 0 Å². The third-order valence-corrected chi connectivity index (χ3v) is 3.35. The van der Waals surface area contributed by atoms with Gasteiger partial charge in [0.15, 0.2) is 0 Å². The van der Waals surface area contributed by atoms with Gasteiger partial charge in [-0.3, -0.25) is 4.98 Å². The van der Waals surface area contributed by atoms with Gasteiger partial charge in [0.1, 0.15) is 0 Å². The average Bonchev–Trinajstić information content (AvgIpc) is 2.39. The molecule has 0 fully saturated rings. The Hall–Kier alpha value is -1.48. The number of benzene rings is 1. The molecule has 0 bridgehead atoms. The van der Waals surface area contributed by atoms with Gasteiger partial charge >= 0.3 is 0 Å². The van der Waals surface area contributed by atoms with Crippen LogP contribution in [0.25, 0.3) is 11.0 Å². The fourth-order valence-electron chi connectivity index (χ4n) is 2.17. The normalized spacial score (nSPS) is 14.8. The molecule has 3 nitrogen and oxygen atoms in total. The van der Waals surface area contributed by atoms with Crippen molar-refractivity contribution in [3.8, 4) is 0 Å². The van der Waals surface area contributed by atoms with Crippen molar-refractivity contribution in [1.82, 2.24) is 15.3 Å². The molecule has 1 heterocycles. The van der Waals surface area contributed by atoms with Crippen molar-refractivity contribution < 1.29 is 0 Å². The van der Waals surface area contributed by atoms with Crippen LogP contribution >= 0.6 is 0 Å². The molecule has 0 aliphatic heterocycles. The summed E-state index contributed by atoms with van der Waals surface area (Å²) in [5.41, 5.74) is 3.02. The Morgan fingerprint density at radius 2 is 1.94 bits per heavy atom. The number of likely N-dealkylation sites (N-methyl/N-ethyl adjacent to an activating group) is 1. The Morgan fingerprint density at radius 3 is 2.59 bits per heavy atom. The quantitative estimate of drug-likeness (QED) is 0.876. The molecule has 2 atom stereocenters. The van der Waals surface area contributed by atoms with Crippen LogP contribution < -0.4 is 5.32 Å². The van der Waals surface area contributed by atoms with Crippen molar-refractivity contribution in [2.75, 3.05) is 7.05 Å². The number of rotatable bonds is 4. The van der Waals surface area contributed by atoms with E-state index in [0.29, 0.717) is 12.0 Å². The molecule has 0 radical (unpaired) electrons. The van der Waals surface area contributed by atoms with E-state index in [4.69, 9.17) is 4.98 Å². The molecule has 0 aliphatic carbocycles. The topological polar surface area (TPSA) is 37.8 Å². The summed E-state index contributed by atoms with van der Waals surface area (Å²) in [6.07, 6.45) is 2.97. The number of nitrogens with one attached hydrogen (secondary N) is 1. The minimum atomic E-state index is 0.412. The summed E-state index contributed by atoms with van der Waals surface area (Å²) in [6.45, 7) is 4.38. The first-order chi connectivity index (χ1) is 8.26. The molecular weight excluding hydrogens is 210 g/mol. The molecule has 1 aromatic heterocycles. The van der Waals surface area contributed by atoms with E-state index < -0.39 is 0 Å². The zero-order valence-electron chi connectivity index (χ0n) is 10.6. The van der Waals surface area contributed by atoms with E-state index in [1.165, 1.54) is 0 Å². The molecule has 0 aliphatic rings. The number of aromatic nitrogens is 2. The second kappa shape index (κ2) is 5.23. The maximum Gasteiger partial charge on any atom is 0.0890 e. The third-order valence-electron chi connectivity index (χ3n) is 3.35. The van der Waals surface area contributed by atoms with Gasteiger partial charge in [-0.2, -0.15) is 0 Å². The number of hydrogen-bond donors (Lipinski definition) is 1. The summed E-state index contributed by atoms with van der Waals surface area (Å²) in [7, 11) is 1.99. The van der Waals surface area contributed by atoms with E-state index in [0.717, 1.165) is 23.1 Å². The van der Waals surface area contributed by atoms with E-state index in [1.54, 1.807) is 0 Å². The molecule has 2 unspecified atom stereocenters. The van der Waals surface area contributed by atoms with Gasteiger partial charge in [-0.15, -0.1) is 0 Å². The fraction of sp³-hybridized carbons (Fsp3) is 0.429. The van der Waals surface area contributed by atoms with Crippen LogP contribution in [0.4, 0.5) is 0 Å². The van der Waals surface area contributed by atoms with E-state index in [2.05, 4.69) is 24.1 Å². The van der Waals surface area contributed by atoms with Crippen LogP contribution in [0.2, 0.25) is 0 Å². The van der Waals surface area contributed by atoms with E-state index in [9.17, 15) is 0 Å². The SMILES string of the molecule is CCC(c1cnc2ccccc2n1)C(C)NC. The summed E-state index contributed by atoms with van der Waals surface area (Å²) < 4.78 is 0. The minimum absolute atomic E-state index is 0.412. The maximum absolute atomic E-state index is 4.71. The smallest absolute Gasteiger partial charge is 0.0890 e. The van der Waals surface area contributed by atoms with Crippen molar-refractivity contribution in [2.45, 2.75) is 32.2 Å². The molecule has 2 rings (SSSR count). The van der Waals surface area contributed by atoms with Crippen LogP contribution in [-0.2, 0) is 0 Å². The number of para-hydroxylation sites is 2. The molecule has 3 heteroatoms. The summed E-state index contributed by atoms with van der Waals surface area (Å²) in [6, 6.07) is 8.42. The lowest BCUT2D eigenvalue weighted by Gasteiger charge is -2.21. The van der Waals surface area contributed by atoms with Gasteiger partial charge < -0.3 is 5.32 Å². The van der Waals surface area contributed by atoms with Crippen molar-refractivity contribution in [2.24, 2.45) is 0 Å². The van der Waals surface area contributed by atoms with Crippen LogP contribution in [-0.4, -0.2) is 23.1 Å². The van der Waals surface area contributed by atoms with Gasteiger partial charge in [-0.05, 0) is 32.5 Å². The standard InChI is InChI=1S/C14H19N3/c1-4-11(10(2)15-3)14-9-16-12-7-5-6-8-13(12)17-14/h5-11,15H,4H2,1-3H3. The predicted octanol–water partition coefficient (Wildman–Crippen LogP) is 2.73. The van der Waals surface area contributed by atoms with Gasteiger partial charge in [0, 0.05) is 18.2 Å². The van der Waals surface area contributed by atoms with Crippen LogP contribution in [0, 0.1) is 0 Å². The lowest BCUT2D eigenvalue weighted by atomic mass is 9.95. The largest absolute Gasteiger partial charge is 0.317 e. The second-order valence-corrected chi connectivity index (χ2v) is 4.38. The minimum Gasteiger partial charge on any atom is -0.317 e. The second-order valence-electron chi connectivity index (χ2n) is 4.38. The summed E-state index contributed by atoms with van der Waals surface area (Å²) in [5.74, 6) is 0.414. The Balaban J connectivity index is 2.40. The van der Waals surface area contributed by atoms with E-state index >= 15 is 0 Å². The van der Waals surface area contributed by atoms with Crippen LogP contribution in [0.1, 0.15) is 31.9 Å².